The number of esters is 1. The number of carboxylic acids is 2. The van der Waals surface area contributed by atoms with E-state index in [-0.39, 0.29) is 44.7 Å². The SMILES string of the molecule is CC(C)CCCCCCCCC[C@H]1CC(=O)N[C@H]([C@H](C)O)C(=O)N[C@H](C)C(=O)N2CC[C@H](O)[C@@H]2C(=O)N[C@H](CCCN=C(N)N)C(=O)N[C@H]([C@@H](O)C(=O)O)C(=O)N[C@H](CO)C(=O)N2CC[C@@H](O)[C@H]2C(=O)N[C@@H]([C@@H](O)C(=O)O)C(=O)O1. The molecule has 8 amide bonds. The van der Waals surface area contributed by atoms with Crippen molar-refractivity contribution in [2.75, 3.05) is 26.2 Å². The Morgan fingerprint density at radius 2 is 1.12 bits per heavy atom. The molecule has 0 bridgehead atoms. The van der Waals surface area contributed by atoms with Gasteiger partial charge in [-0.1, -0.05) is 58.8 Å². The average molecular weight is 1140 g/mol. The number of amides is 8. The Labute approximate surface area is 461 Å². The summed E-state index contributed by atoms with van der Waals surface area (Å²) in [6, 6.07) is -16.2. The minimum Gasteiger partial charge on any atom is -0.479 e. The Morgan fingerprint density at radius 3 is 1.66 bits per heavy atom. The molecule has 3 saturated heterocycles. The fourth-order valence-electron chi connectivity index (χ4n) is 9.39. The highest BCUT2D eigenvalue weighted by molar-refractivity contribution is 6.00. The number of carbonyl (C=O) groups is 11. The van der Waals surface area contributed by atoms with Crippen LogP contribution < -0.4 is 43.4 Å². The molecule has 0 aliphatic carbocycles. The third-order valence-corrected chi connectivity index (χ3v) is 13.8. The third-order valence-electron chi connectivity index (χ3n) is 13.8. The van der Waals surface area contributed by atoms with Crippen molar-refractivity contribution in [2.45, 2.75) is 203 Å². The standard InChI is InChI=1S/C49H81N11O20/c1-23(2)13-10-8-6-5-7-9-11-14-26-21-31(65)56-32(25(4)62)40(69)53-24(3)44(73)59-19-16-29(63)35(59)42(71)54-27(15-12-18-52-49(50)51)39(68)57-33(37(66)46(75)76)41(70)55-28(22-61)45(74)60-20-17-30(64)36(60)43(72)58-34(48(79)80-26)38(67)47(77)78/h23-30,32-38,61-64,66-67H,5-22H2,1-4H3,(H,53,69)(H,54,71)(H,55,70)(H,56,65)(H,57,68)(H,58,72)(H,75,76)(H,77,78)(H4,50,51,52)/t24-,25+,26+,27-,28-,29+,30-,32-,33-,34+,35-,36+,37-,38-/m1/s1. The lowest BCUT2D eigenvalue weighted by Crippen LogP contribution is -2.64. The number of carbonyl (C=O) groups excluding carboxylic acids is 9. The van der Waals surface area contributed by atoms with Gasteiger partial charge in [0.15, 0.2) is 24.2 Å². The van der Waals surface area contributed by atoms with E-state index < -0.39 is 176 Å². The van der Waals surface area contributed by atoms with Gasteiger partial charge in [0.1, 0.15) is 48.4 Å². The molecular formula is C49H81N11O20. The number of hydrogen-bond acceptors (Lipinski definition) is 19. The summed E-state index contributed by atoms with van der Waals surface area (Å²) in [5.41, 5.74) is 10.8. The van der Waals surface area contributed by atoms with E-state index in [1.165, 1.54) is 6.92 Å². The second-order valence-corrected chi connectivity index (χ2v) is 20.7. The predicted octanol–water partition coefficient (Wildman–Crippen LogP) is -6.36. The molecule has 3 fully saturated rings. The molecule has 0 aromatic carbocycles. The van der Waals surface area contributed by atoms with Crippen LogP contribution in [0, 0.1) is 5.92 Å². The quantitative estimate of drug-likeness (QED) is 0.0233. The summed E-state index contributed by atoms with van der Waals surface area (Å²) in [7, 11) is 0. The fraction of sp³-hybridized carbons (Fsp3) is 0.755. The highest BCUT2D eigenvalue weighted by Crippen LogP contribution is 2.23. The van der Waals surface area contributed by atoms with Crippen LogP contribution in [0.25, 0.3) is 0 Å². The number of rotatable bonds is 20. The Balaban J connectivity index is 2.14. The zero-order chi connectivity index (χ0) is 60.1. The topological polar surface area (TPSA) is 502 Å². The van der Waals surface area contributed by atoms with Crippen LogP contribution in [0.15, 0.2) is 4.99 Å². The number of fused-ring (bicyclic) bond motifs is 2. The number of nitrogens with zero attached hydrogens (tertiary/aromatic N) is 3. The number of aliphatic hydroxyl groups excluding tert-OH is 6. The first kappa shape index (κ1) is 67.5. The number of aliphatic imine (C=N–C) groups is 1. The highest BCUT2D eigenvalue weighted by atomic mass is 16.5. The maximum atomic E-state index is 14.1. The van der Waals surface area contributed by atoms with Gasteiger partial charge in [-0.05, 0) is 58.3 Å². The lowest BCUT2D eigenvalue weighted by molar-refractivity contribution is -0.165. The van der Waals surface area contributed by atoms with Crippen molar-refractivity contribution in [3.05, 3.63) is 0 Å². The van der Waals surface area contributed by atoms with Gasteiger partial charge in [-0.2, -0.15) is 0 Å². The molecule has 0 saturated carbocycles. The average Bonchev–Trinajstić information content (AvgIpc) is 3.99. The van der Waals surface area contributed by atoms with Crippen LogP contribution in [0.3, 0.4) is 0 Å². The van der Waals surface area contributed by atoms with Gasteiger partial charge in [0, 0.05) is 19.6 Å². The smallest absolute Gasteiger partial charge is 0.335 e. The Hall–Kier alpha value is -6.80. The number of nitrogens with two attached hydrogens (primary N) is 2. The van der Waals surface area contributed by atoms with Gasteiger partial charge in [0.25, 0.3) is 0 Å². The fourth-order valence-corrected chi connectivity index (χ4v) is 9.39. The molecule has 3 aliphatic rings. The maximum Gasteiger partial charge on any atom is 0.335 e. The molecule has 452 valence electrons. The molecule has 3 aliphatic heterocycles. The zero-order valence-electron chi connectivity index (χ0n) is 45.4. The molecule has 31 heteroatoms. The molecule has 3 heterocycles. The van der Waals surface area contributed by atoms with Crippen LogP contribution in [0.4, 0.5) is 0 Å². The number of nitrogens with one attached hydrogen (secondary N) is 6. The van der Waals surface area contributed by atoms with Gasteiger partial charge in [-0.3, -0.25) is 43.3 Å². The van der Waals surface area contributed by atoms with Crippen LogP contribution in [-0.2, 0) is 57.5 Å². The van der Waals surface area contributed by atoms with Gasteiger partial charge in [0.05, 0.1) is 31.3 Å². The number of aliphatic hydroxyl groups is 6. The van der Waals surface area contributed by atoms with E-state index in [9.17, 15) is 93.6 Å². The number of carboxylic acid groups (broad SMARTS) is 2. The second kappa shape index (κ2) is 32.5. The minimum absolute atomic E-state index is 0.0749. The minimum atomic E-state index is -2.81. The first-order valence-electron chi connectivity index (χ1n) is 26.8. The molecule has 0 radical (unpaired) electrons. The zero-order valence-corrected chi connectivity index (χ0v) is 45.4. The summed E-state index contributed by atoms with van der Waals surface area (Å²) in [4.78, 5) is 155. The second-order valence-electron chi connectivity index (χ2n) is 20.7. The number of ether oxygens (including phenoxy) is 1. The van der Waals surface area contributed by atoms with Crippen LogP contribution >= 0.6 is 0 Å². The van der Waals surface area contributed by atoms with Crippen molar-refractivity contribution in [3.8, 4) is 0 Å². The largest absolute Gasteiger partial charge is 0.479 e. The molecule has 0 aromatic rings. The number of cyclic esters (lactones) is 1. The Morgan fingerprint density at radius 1 is 0.625 bits per heavy atom. The van der Waals surface area contributed by atoms with Crippen molar-refractivity contribution in [1.29, 1.82) is 0 Å². The van der Waals surface area contributed by atoms with Gasteiger partial charge in [-0.15, -0.1) is 0 Å². The van der Waals surface area contributed by atoms with Crippen LogP contribution in [0.1, 0.15) is 118 Å². The van der Waals surface area contributed by atoms with E-state index in [4.69, 9.17) is 16.2 Å². The van der Waals surface area contributed by atoms with Crippen molar-refractivity contribution in [2.24, 2.45) is 22.4 Å². The first-order chi connectivity index (χ1) is 37.6. The van der Waals surface area contributed by atoms with Crippen molar-refractivity contribution in [3.63, 3.8) is 0 Å². The monoisotopic (exact) mass is 1140 g/mol. The normalized spacial score (nSPS) is 28.5. The van der Waals surface area contributed by atoms with Gasteiger partial charge in [-0.25, -0.2) is 14.4 Å². The molecule has 0 aromatic heterocycles. The molecule has 3 rings (SSSR count). The maximum absolute atomic E-state index is 14.1. The van der Waals surface area contributed by atoms with E-state index in [0.717, 1.165) is 50.3 Å². The van der Waals surface area contributed by atoms with Crippen LogP contribution in [-0.4, -0.2) is 233 Å². The number of aliphatic carboxylic acids is 2. The lowest BCUT2D eigenvalue weighted by atomic mass is 10.0. The van der Waals surface area contributed by atoms with E-state index in [0.29, 0.717) is 23.7 Å². The summed E-state index contributed by atoms with van der Waals surface area (Å²) in [5, 5.41) is 97.2. The molecular weight excluding hydrogens is 1060 g/mol. The van der Waals surface area contributed by atoms with E-state index in [1.54, 1.807) is 0 Å². The van der Waals surface area contributed by atoms with Gasteiger partial charge < -0.3 is 98.8 Å². The number of unbranched alkanes of at least 4 members (excludes halogenated alkanes) is 6. The number of hydrogen-bond donors (Lipinski definition) is 16. The Kier molecular flexibility index (Phi) is 27.4. The predicted molar refractivity (Wildman–Crippen MR) is 276 cm³/mol. The lowest BCUT2D eigenvalue weighted by Gasteiger charge is -2.32. The summed E-state index contributed by atoms with van der Waals surface area (Å²) < 4.78 is 5.59. The van der Waals surface area contributed by atoms with Crippen LogP contribution in [0.2, 0.25) is 0 Å². The van der Waals surface area contributed by atoms with Gasteiger partial charge >= 0.3 is 17.9 Å². The first-order valence-corrected chi connectivity index (χ1v) is 26.8. The Bertz CT molecular complexity index is 2220. The molecule has 0 spiro atoms. The summed E-state index contributed by atoms with van der Waals surface area (Å²) in [6.07, 6.45) is -7.48. The summed E-state index contributed by atoms with van der Waals surface area (Å²) >= 11 is 0. The highest BCUT2D eigenvalue weighted by Gasteiger charge is 2.48. The van der Waals surface area contributed by atoms with E-state index in [1.807, 2.05) is 16.0 Å². The van der Waals surface area contributed by atoms with Crippen molar-refractivity contribution >= 4 is 71.1 Å². The van der Waals surface area contributed by atoms with Crippen molar-refractivity contribution in [1.82, 2.24) is 41.7 Å². The van der Waals surface area contributed by atoms with Crippen LogP contribution in [0.5, 0.6) is 0 Å². The third kappa shape index (κ3) is 20.1. The van der Waals surface area contributed by atoms with E-state index >= 15 is 0 Å². The van der Waals surface area contributed by atoms with Crippen molar-refractivity contribution < 1.29 is 98.3 Å². The summed E-state index contributed by atoms with van der Waals surface area (Å²) in [5.74, 6) is -15.8. The molecule has 80 heavy (non-hydrogen) atoms. The van der Waals surface area contributed by atoms with Gasteiger partial charge in [0.2, 0.25) is 47.3 Å². The molecule has 14 atom stereocenters. The molecule has 18 N–H and O–H groups in total. The summed E-state index contributed by atoms with van der Waals surface area (Å²) in [6.45, 7) is 4.27. The van der Waals surface area contributed by atoms with E-state index in [2.05, 4.69) is 34.8 Å². The number of guanidine groups is 1. The molecule has 0 unspecified atom stereocenters. The molecule has 31 nitrogen and oxygen atoms in total.